The highest BCUT2D eigenvalue weighted by Gasteiger charge is 2.37. The van der Waals surface area contributed by atoms with Gasteiger partial charge in [-0.05, 0) is 20.3 Å². The highest BCUT2D eigenvalue weighted by Crippen LogP contribution is 2.30. The van der Waals surface area contributed by atoms with Crippen molar-refractivity contribution in [1.82, 2.24) is 25.1 Å². The summed E-state index contributed by atoms with van der Waals surface area (Å²) < 4.78 is 12.9. The number of carbonyl (C=O) groups excluding carboxylic acids is 1. The zero-order valence-corrected chi connectivity index (χ0v) is 13.2. The molecule has 0 aliphatic carbocycles. The summed E-state index contributed by atoms with van der Waals surface area (Å²) in [7, 11) is 0. The quantitative estimate of drug-likeness (QED) is 0.814. The number of ether oxygens (including phenoxy) is 1. The lowest BCUT2D eigenvalue weighted by atomic mass is 9.99. The molecule has 8 heteroatoms. The van der Waals surface area contributed by atoms with Gasteiger partial charge in [0, 0.05) is 18.7 Å². The van der Waals surface area contributed by atoms with Gasteiger partial charge in [-0.15, -0.1) is 5.10 Å². The average molecular weight is 317 g/mol. The van der Waals surface area contributed by atoms with E-state index in [2.05, 4.69) is 15.5 Å². The molecule has 0 unspecified atom stereocenters. The first-order valence-electron chi connectivity index (χ1n) is 7.83. The normalized spacial score (nSPS) is 23.5. The molecule has 2 aliphatic heterocycles. The fraction of sp³-hybridized carbons (Fsp3) is 0.600. The second-order valence-corrected chi connectivity index (χ2v) is 6.19. The van der Waals surface area contributed by atoms with Crippen LogP contribution >= 0.6 is 0 Å². The third kappa shape index (κ3) is 2.42. The minimum Gasteiger partial charge on any atom is -0.370 e. The minimum atomic E-state index is 0.0450. The van der Waals surface area contributed by atoms with Crippen molar-refractivity contribution >= 4 is 5.91 Å². The Morgan fingerprint density at radius 3 is 3.09 bits per heavy atom. The predicted octanol–water partition coefficient (Wildman–Crippen LogP) is 0.798. The Labute approximate surface area is 133 Å². The van der Waals surface area contributed by atoms with Gasteiger partial charge in [0.15, 0.2) is 0 Å². The molecular formula is C15H19N5O3. The number of fused-ring (bicyclic) bond motifs is 3. The van der Waals surface area contributed by atoms with Gasteiger partial charge in [-0.2, -0.15) is 0 Å². The molecule has 2 aromatic rings. The van der Waals surface area contributed by atoms with Gasteiger partial charge in [-0.25, -0.2) is 4.68 Å². The van der Waals surface area contributed by atoms with Crippen molar-refractivity contribution in [3.05, 3.63) is 28.9 Å². The predicted molar refractivity (Wildman–Crippen MR) is 78.5 cm³/mol. The maximum absolute atomic E-state index is 12.7. The molecule has 0 N–H and O–H groups in total. The van der Waals surface area contributed by atoms with Gasteiger partial charge in [-0.1, -0.05) is 10.4 Å². The standard InChI is InChI=1S/C15H19N5O3/c1-9-12(10(2)23-17-9)5-15(21)19-4-3-14-13(7-19)20-11(8-22-14)6-16-18-20/h6,13-14H,3-5,7-8H2,1-2H3/t13-,14-/m0/s1. The monoisotopic (exact) mass is 317 g/mol. The molecule has 8 nitrogen and oxygen atoms in total. The van der Waals surface area contributed by atoms with Crippen LogP contribution in [0.1, 0.15) is 35.2 Å². The Bertz CT molecular complexity index is 718. The Morgan fingerprint density at radius 2 is 2.30 bits per heavy atom. The van der Waals surface area contributed by atoms with Crippen molar-refractivity contribution in [3.63, 3.8) is 0 Å². The maximum Gasteiger partial charge on any atom is 0.227 e. The van der Waals surface area contributed by atoms with Gasteiger partial charge in [0.1, 0.15) is 5.76 Å². The Kier molecular flexibility index (Phi) is 3.41. The zero-order chi connectivity index (χ0) is 16.0. The molecule has 23 heavy (non-hydrogen) atoms. The lowest BCUT2D eigenvalue weighted by molar-refractivity contribution is -0.137. The number of aromatic nitrogens is 4. The van der Waals surface area contributed by atoms with Crippen molar-refractivity contribution in [1.29, 1.82) is 0 Å². The van der Waals surface area contributed by atoms with E-state index in [1.807, 2.05) is 23.4 Å². The molecule has 2 atom stereocenters. The molecule has 2 aliphatic rings. The molecule has 2 aromatic heterocycles. The number of piperidine rings is 1. The van der Waals surface area contributed by atoms with Crippen LogP contribution < -0.4 is 0 Å². The summed E-state index contributed by atoms with van der Waals surface area (Å²) in [6.07, 6.45) is 2.97. The van der Waals surface area contributed by atoms with E-state index in [0.29, 0.717) is 31.9 Å². The van der Waals surface area contributed by atoms with Gasteiger partial charge < -0.3 is 14.2 Å². The summed E-state index contributed by atoms with van der Waals surface area (Å²) >= 11 is 0. The fourth-order valence-corrected chi connectivity index (χ4v) is 3.42. The summed E-state index contributed by atoms with van der Waals surface area (Å²) in [6, 6.07) is 0.0450. The van der Waals surface area contributed by atoms with Gasteiger partial charge in [0.25, 0.3) is 0 Å². The Morgan fingerprint density at radius 1 is 1.43 bits per heavy atom. The number of aryl methyl sites for hydroxylation is 2. The number of hydrogen-bond donors (Lipinski definition) is 0. The van der Waals surface area contributed by atoms with Crippen molar-refractivity contribution in [2.75, 3.05) is 13.1 Å². The third-order valence-electron chi connectivity index (χ3n) is 4.79. The number of nitrogens with zero attached hydrogens (tertiary/aromatic N) is 5. The van der Waals surface area contributed by atoms with E-state index in [4.69, 9.17) is 9.26 Å². The van der Waals surface area contributed by atoms with Gasteiger partial charge in [0.05, 0.1) is 42.8 Å². The van der Waals surface area contributed by atoms with E-state index < -0.39 is 0 Å². The van der Waals surface area contributed by atoms with Crippen molar-refractivity contribution in [2.45, 2.75) is 45.4 Å². The van der Waals surface area contributed by atoms with Crippen LogP contribution in [0.5, 0.6) is 0 Å². The van der Waals surface area contributed by atoms with Crippen LogP contribution in [-0.4, -0.2) is 50.2 Å². The maximum atomic E-state index is 12.7. The van der Waals surface area contributed by atoms with Crippen LogP contribution in [-0.2, 0) is 22.6 Å². The summed E-state index contributed by atoms with van der Waals surface area (Å²) in [4.78, 5) is 14.5. The topological polar surface area (TPSA) is 86.3 Å². The molecule has 0 radical (unpaired) electrons. The van der Waals surface area contributed by atoms with E-state index in [1.165, 1.54) is 0 Å². The minimum absolute atomic E-state index is 0.0450. The molecule has 0 spiro atoms. The van der Waals surface area contributed by atoms with Gasteiger partial charge >= 0.3 is 0 Å². The van der Waals surface area contributed by atoms with Gasteiger partial charge in [0.2, 0.25) is 5.91 Å². The van der Waals surface area contributed by atoms with Crippen molar-refractivity contribution < 1.29 is 14.1 Å². The zero-order valence-electron chi connectivity index (χ0n) is 13.2. The number of rotatable bonds is 2. The van der Waals surface area contributed by atoms with Crippen LogP contribution in [0.25, 0.3) is 0 Å². The van der Waals surface area contributed by atoms with Crippen LogP contribution in [0.15, 0.2) is 10.7 Å². The first-order valence-corrected chi connectivity index (χ1v) is 7.83. The number of carbonyl (C=O) groups is 1. The largest absolute Gasteiger partial charge is 0.370 e. The molecule has 0 saturated carbocycles. The van der Waals surface area contributed by atoms with Gasteiger partial charge in [-0.3, -0.25) is 4.79 Å². The second kappa shape index (κ2) is 5.45. The molecule has 4 rings (SSSR count). The van der Waals surface area contributed by atoms with E-state index >= 15 is 0 Å². The SMILES string of the molecule is Cc1noc(C)c1CC(=O)N1CC[C@@H]2OCc3cnnn3[C@H]2C1. The molecule has 1 saturated heterocycles. The molecule has 0 bridgehead atoms. The third-order valence-corrected chi connectivity index (χ3v) is 4.79. The molecule has 1 amide bonds. The molecule has 122 valence electrons. The van der Waals surface area contributed by atoms with Crippen molar-refractivity contribution in [2.24, 2.45) is 0 Å². The summed E-state index contributed by atoms with van der Waals surface area (Å²) in [6.45, 7) is 5.55. The Balaban J connectivity index is 1.50. The highest BCUT2D eigenvalue weighted by molar-refractivity contribution is 5.79. The molecule has 4 heterocycles. The highest BCUT2D eigenvalue weighted by atomic mass is 16.5. The second-order valence-electron chi connectivity index (χ2n) is 6.19. The lowest BCUT2D eigenvalue weighted by Crippen LogP contribution is -2.50. The summed E-state index contributed by atoms with van der Waals surface area (Å²) in [5, 5.41) is 12.0. The molecular weight excluding hydrogens is 298 g/mol. The van der Waals surface area contributed by atoms with Crippen LogP contribution in [0.2, 0.25) is 0 Å². The van der Waals surface area contributed by atoms with E-state index in [9.17, 15) is 4.79 Å². The number of amides is 1. The Hall–Kier alpha value is -2.22. The fourth-order valence-electron chi connectivity index (χ4n) is 3.42. The number of hydrogen-bond acceptors (Lipinski definition) is 6. The first kappa shape index (κ1) is 14.4. The smallest absolute Gasteiger partial charge is 0.227 e. The molecule has 1 fully saturated rings. The lowest BCUT2D eigenvalue weighted by Gasteiger charge is -2.41. The van der Waals surface area contributed by atoms with Crippen LogP contribution in [0.3, 0.4) is 0 Å². The number of likely N-dealkylation sites (tertiary alicyclic amines) is 1. The van der Waals surface area contributed by atoms with E-state index in [-0.39, 0.29) is 18.1 Å². The van der Waals surface area contributed by atoms with Crippen LogP contribution in [0.4, 0.5) is 0 Å². The molecule has 0 aromatic carbocycles. The van der Waals surface area contributed by atoms with Crippen molar-refractivity contribution in [3.8, 4) is 0 Å². The summed E-state index contributed by atoms with van der Waals surface area (Å²) in [5.41, 5.74) is 2.63. The van der Waals surface area contributed by atoms with E-state index in [0.717, 1.165) is 23.4 Å². The van der Waals surface area contributed by atoms with Crippen LogP contribution in [0, 0.1) is 13.8 Å². The average Bonchev–Trinajstić information content (AvgIpc) is 3.16. The first-order chi connectivity index (χ1) is 11.1. The summed E-state index contributed by atoms with van der Waals surface area (Å²) in [5.74, 6) is 0.801. The van der Waals surface area contributed by atoms with E-state index in [1.54, 1.807) is 6.20 Å².